The van der Waals surface area contributed by atoms with Crippen LogP contribution in [0.1, 0.15) is 68.4 Å². The molecule has 0 bridgehead atoms. The lowest BCUT2D eigenvalue weighted by Gasteiger charge is -2.29. The highest BCUT2D eigenvalue weighted by atomic mass is 16.4. The maximum absolute atomic E-state index is 13.7. The van der Waals surface area contributed by atoms with E-state index in [1.165, 1.54) is 18.2 Å². The van der Waals surface area contributed by atoms with E-state index in [0.29, 0.717) is 5.56 Å². The Bertz CT molecular complexity index is 1420. The number of carbonyl (C=O) groups is 6. The first-order chi connectivity index (χ1) is 22.6. The Kier molecular flexibility index (Phi) is 15.7. The van der Waals surface area contributed by atoms with E-state index >= 15 is 0 Å². The van der Waals surface area contributed by atoms with E-state index in [0.717, 1.165) is 5.56 Å². The summed E-state index contributed by atoms with van der Waals surface area (Å²) in [6.07, 6.45) is -1.91. The largest absolute Gasteiger partial charge is 0.481 e. The molecule has 2 aromatic carbocycles. The van der Waals surface area contributed by atoms with Gasteiger partial charge in [0.1, 0.15) is 12.1 Å². The average molecular weight is 670 g/mol. The molecule has 14 heteroatoms. The molecule has 4 amide bonds. The second-order valence-corrected chi connectivity index (χ2v) is 12.4. The molecular weight excluding hydrogens is 622 g/mol. The van der Waals surface area contributed by atoms with Gasteiger partial charge in [-0.25, -0.2) is 4.79 Å². The molecule has 262 valence electrons. The van der Waals surface area contributed by atoms with E-state index < -0.39 is 71.8 Å². The zero-order valence-corrected chi connectivity index (χ0v) is 27.6. The first kappa shape index (κ1) is 39.4. The minimum atomic E-state index is -1.72. The summed E-state index contributed by atoms with van der Waals surface area (Å²) in [4.78, 5) is 75.0. The summed E-state index contributed by atoms with van der Waals surface area (Å²) in [6.45, 7) is 7.00. The fraction of sp³-hybridized carbons (Fsp3) is 0.471. The average Bonchev–Trinajstić information content (AvgIpc) is 3.03. The van der Waals surface area contributed by atoms with Gasteiger partial charge in [-0.05, 0) is 54.4 Å². The number of hydrogen-bond acceptors (Lipinski definition) is 8. The molecule has 0 fully saturated rings. The molecule has 0 aliphatic carbocycles. The number of aliphatic carboxylic acids is 1. The third-order valence-corrected chi connectivity index (χ3v) is 7.51. The number of amides is 4. The predicted octanol–water partition coefficient (Wildman–Crippen LogP) is 0.953. The van der Waals surface area contributed by atoms with Gasteiger partial charge in [-0.15, -0.1) is 0 Å². The van der Waals surface area contributed by atoms with Gasteiger partial charge in [0.2, 0.25) is 17.7 Å². The lowest BCUT2D eigenvalue weighted by Crippen LogP contribution is -2.59. The van der Waals surface area contributed by atoms with Gasteiger partial charge in [-0.2, -0.15) is 0 Å². The van der Waals surface area contributed by atoms with Gasteiger partial charge >= 0.3 is 11.9 Å². The van der Waals surface area contributed by atoms with Crippen LogP contribution in [0.2, 0.25) is 0 Å². The maximum Gasteiger partial charge on any atom is 0.335 e. The first-order valence-corrected chi connectivity index (χ1v) is 15.8. The van der Waals surface area contributed by atoms with E-state index in [9.17, 15) is 39.0 Å². The van der Waals surface area contributed by atoms with Gasteiger partial charge in [0.25, 0.3) is 5.91 Å². The van der Waals surface area contributed by atoms with Crippen molar-refractivity contribution in [3.63, 3.8) is 0 Å². The van der Waals surface area contributed by atoms with E-state index in [-0.39, 0.29) is 43.7 Å². The van der Waals surface area contributed by atoms with Crippen molar-refractivity contribution in [1.82, 2.24) is 21.3 Å². The van der Waals surface area contributed by atoms with E-state index in [2.05, 4.69) is 21.3 Å². The molecule has 48 heavy (non-hydrogen) atoms. The molecule has 0 saturated heterocycles. The quantitative estimate of drug-likeness (QED) is 0.105. The van der Waals surface area contributed by atoms with Gasteiger partial charge in [0.15, 0.2) is 6.10 Å². The highest BCUT2D eigenvalue weighted by Gasteiger charge is 2.34. The number of nitrogens with one attached hydrogen (secondary N) is 4. The molecular formula is C34H47N5O9. The first-order valence-electron chi connectivity index (χ1n) is 15.8. The molecule has 0 heterocycles. The number of aliphatic hydroxyl groups is 1. The van der Waals surface area contributed by atoms with Crippen LogP contribution in [0.15, 0.2) is 54.6 Å². The van der Waals surface area contributed by atoms with Crippen LogP contribution < -0.4 is 27.0 Å². The van der Waals surface area contributed by atoms with Crippen LogP contribution in [0.5, 0.6) is 0 Å². The lowest BCUT2D eigenvalue weighted by molar-refractivity contribution is -0.137. The minimum Gasteiger partial charge on any atom is -0.481 e. The summed E-state index contributed by atoms with van der Waals surface area (Å²) in [6, 6.07) is 10.4. The van der Waals surface area contributed by atoms with Crippen LogP contribution in [0.25, 0.3) is 0 Å². The van der Waals surface area contributed by atoms with Crippen LogP contribution in [-0.4, -0.2) is 81.2 Å². The van der Waals surface area contributed by atoms with Crippen molar-refractivity contribution in [1.29, 1.82) is 0 Å². The summed E-state index contributed by atoms with van der Waals surface area (Å²) in [5.74, 6) is -5.56. The Morgan fingerprint density at radius 3 is 2.00 bits per heavy atom. The summed E-state index contributed by atoms with van der Waals surface area (Å²) < 4.78 is 0. The highest BCUT2D eigenvalue weighted by molar-refractivity contribution is 5.93. The number of rotatable bonds is 19. The van der Waals surface area contributed by atoms with Crippen molar-refractivity contribution >= 4 is 35.6 Å². The molecule has 0 unspecified atom stereocenters. The Balaban J connectivity index is 2.23. The molecule has 0 radical (unpaired) electrons. The minimum absolute atomic E-state index is 0.0371. The van der Waals surface area contributed by atoms with Crippen LogP contribution in [0.4, 0.5) is 0 Å². The van der Waals surface area contributed by atoms with Gasteiger partial charge in [0, 0.05) is 13.0 Å². The molecule has 0 saturated carbocycles. The molecule has 9 N–H and O–H groups in total. The molecule has 5 atom stereocenters. The summed E-state index contributed by atoms with van der Waals surface area (Å²) in [5.41, 5.74) is 7.07. The number of carbonyl (C=O) groups excluding carboxylic acids is 4. The molecule has 0 spiro atoms. The molecule has 2 rings (SSSR count). The van der Waals surface area contributed by atoms with Crippen LogP contribution in [-0.2, 0) is 36.9 Å². The van der Waals surface area contributed by atoms with Crippen LogP contribution in [0, 0.1) is 11.8 Å². The SMILES string of the molecule is CC(C)C[C@H](NC(=O)[C@@H](NC(=O)[C@@H](N)CCC(=O)O)C(C)C)C(=O)N[C@@H](Cc1ccccc1)[C@@H](O)C(=O)NCc1cccc(C(=O)O)c1. The van der Waals surface area contributed by atoms with E-state index in [1.54, 1.807) is 50.2 Å². The molecule has 0 aliphatic heterocycles. The standard InChI is InChI=1S/C34H47N5O9/c1-19(2)15-26(38-32(45)28(20(3)4)39-30(43)24(35)13-14-27(40)41)31(44)37-25(17-21-9-6-5-7-10-21)29(42)33(46)36-18-22-11-8-12-23(16-22)34(47)48/h5-12,16,19-20,24-26,28-29,42H,13-15,17-18,35H2,1-4H3,(H,36,46)(H,37,44)(H,38,45)(H,39,43)(H,40,41)(H,47,48)/t24-,25-,26-,28-,29+/m0/s1. The van der Waals surface area contributed by atoms with Crippen molar-refractivity contribution in [2.75, 3.05) is 0 Å². The fourth-order valence-electron chi connectivity index (χ4n) is 4.85. The number of carboxylic acids is 2. The number of carboxylic acid groups (broad SMARTS) is 2. The number of aliphatic hydroxyl groups excluding tert-OH is 1. The topological polar surface area (TPSA) is 237 Å². The second kappa shape index (κ2) is 19.1. The zero-order valence-electron chi connectivity index (χ0n) is 27.6. The Hall–Kier alpha value is -4.82. The summed E-state index contributed by atoms with van der Waals surface area (Å²) in [7, 11) is 0. The van der Waals surface area contributed by atoms with Crippen molar-refractivity contribution in [3.05, 3.63) is 71.3 Å². The van der Waals surface area contributed by atoms with Crippen LogP contribution >= 0.6 is 0 Å². The molecule has 0 aromatic heterocycles. The molecule has 0 aliphatic rings. The monoisotopic (exact) mass is 669 g/mol. The molecule has 2 aromatic rings. The number of nitrogens with two attached hydrogens (primary N) is 1. The van der Waals surface area contributed by atoms with Crippen molar-refractivity contribution in [3.8, 4) is 0 Å². The van der Waals surface area contributed by atoms with Gasteiger partial charge in [-0.1, -0.05) is 70.2 Å². The Labute approximate surface area is 279 Å². The van der Waals surface area contributed by atoms with Gasteiger partial charge in [-0.3, -0.25) is 24.0 Å². The van der Waals surface area contributed by atoms with Crippen molar-refractivity contribution in [2.24, 2.45) is 17.6 Å². The maximum atomic E-state index is 13.7. The Morgan fingerprint density at radius 2 is 1.42 bits per heavy atom. The third-order valence-electron chi connectivity index (χ3n) is 7.51. The van der Waals surface area contributed by atoms with Gasteiger partial charge in [0.05, 0.1) is 17.6 Å². The third kappa shape index (κ3) is 13.1. The normalized spacial score (nSPS) is 14.2. The number of hydrogen-bond donors (Lipinski definition) is 8. The Morgan fingerprint density at radius 1 is 0.771 bits per heavy atom. The second-order valence-electron chi connectivity index (χ2n) is 12.4. The van der Waals surface area contributed by atoms with E-state index in [1.807, 2.05) is 13.8 Å². The number of aromatic carboxylic acids is 1. The lowest BCUT2D eigenvalue weighted by atomic mass is 9.97. The summed E-state index contributed by atoms with van der Waals surface area (Å²) in [5, 5.41) is 39.8. The highest BCUT2D eigenvalue weighted by Crippen LogP contribution is 2.12. The predicted molar refractivity (Wildman–Crippen MR) is 176 cm³/mol. The smallest absolute Gasteiger partial charge is 0.335 e. The van der Waals surface area contributed by atoms with E-state index in [4.69, 9.17) is 10.8 Å². The fourth-order valence-corrected chi connectivity index (χ4v) is 4.85. The van der Waals surface area contributed by atoms with Crippen molar-refractivity contribution in [2.45, 2.75) is 90.2 Å². The van der Waals surface area contributed by atoms with Crippen molar-refractivity contribution < 1.29 is 44.1 Å². The number of benzene rings is 2. The zero-order chi connectivity index (χ0) is 36.0. The molecule has 14 nitrogen and oxygen atoms in total. The van der Waals surface area contributed by atoms with Crippen LogP contribution in [0.3, 0.4) is 0 Å². The van der Waals surface area contributed by atoms with Gasteiger partial charge < -0.3 is 42.3 Å². The summed E-state index contributed by atoms with van der Waals surface area (Å²) >= 11 is 0.